The predicted molar refractivity (Wildman–Crippen MR) is 89.3 cm³/mol. The van der Waals surface area contributed by atoms with Gasteiger partial charge < -0.3 is 19.9 Å². The van der Waals surface area contributed by atoms with Crippen LogP contribution >= 0.6 is 0 Å². The number of nitrogens with two attached hydrogens (primary N) is 1. The van der Waals surface area contributed by atoms with Gasteiger partial charge in [0, 0.05) is 18.1 Å². The minimum Gasteiger partial charge on any atom is -0.489 e. The highest BCUT2D eigenvalue weighted by molar-refractivity contribution is 5.84. The summed E-state index contributed by atoms with van der Waals surface area (Å²) in [4.78, 5) is 4.33. The van der Waals surface area contributed by atoms with Gasteiger partial charge in [-0.25, -0.2) is 0 Å². The second kappa shape index (κ2) is 11.9. The summed E-state index contributed by atoms with van der Waals surface area (Å²) in [6.07, 6.45) is 1.76. The fourth-order valence-corrected chi connectivity index (χ4v) is 1.81. The van der Waals surface area contributed by atoms with Gasteiger partial charge in [-0.1, -0.05) is 32.0 Å². The Morgan fingerprint density at radius 2 is 1.59 bits per heavy atom. The lowest BCUT2D eigenvalue weighted by molar-refractivity contribution is 0.0389. The van der Waals surface area contributed by atoms with Crippen molar-refractivity contribution in [2.24, 2.45) is 5.73 Å². The predicted octanol–water partition coefficient (Wildman–Crippen LogP) is 2.63. The van der Waals surface area contributed by atoms with Gasteiger partial charge in [-0.2, -0.15) is 0 Å². The maximum Gasteiger partial charge on any atom is 0.145 e. The lowest BCUT2D eigenvalue weighted by Crippen LogP contribution is -2.14. The Morgan fingerprint density at radius 1 is 0.909 bits per heavy atom. The molecule has 5 nitrogen and oxygen atoms in total. The van der Waals surface area contributed by atoms with Crippen LogP contribution in [0.2, 0.25) is 0 Å². The molecule has 0 saturated carbocycles. The van der Waals surface area contributed by atoms with Gasteiger partial charge >= 0.3 is 0 Å². The second-order valence-electron chi connectivity index (χ2n) is 4.19. The van der Waals surface area contributed by atoms with E-state index >= 15 is 0 Å². The highest BCUT2D eigenvalue weighted by atomic mass is 16.5. The van der Waals surface area contributed by atoms with Crippen LogP contribution in [0, 0.1) is 0 Å². The summed E-state index contributed by atoms with van der Waals surface area (Å²) in [6.45, 7) is 7.24. The van der Waals surface area contributed by atoms with E-state index in [-0.39, 0.29) is 0 Å². The van der Waals surface area contributed by atoms with Crippen LogP contribution in [0.1, 0.15) is 13.8 Å². The molecule has 0 radical (unpaired) electrons. The Labute approximate surface area is 132 Å². The average Bonchev–Trinajstić information content (AvgIpc) is 2.59. The van der Waals surface area contributed by atoms with Gasteiger partial charge in [0.25, 0.3) is 0 Å². The first-order valence-electron chi connectivity index (χ1n) is 7.74. The molecular weight excluding hydrogens is 280 g/mol. The van der Waals surface area contributed by atoms with E-state index in [1.165, 1.54) is 0 Å². The Morgan fingerprint density at radius 3 is 2.36 bits per heavy atom. The van der Waals surface area contributed by atoms with Crippen LogP contribution in [0.15, 0.2) is 36.5 Å². The van der Waals surface area contributed by atoms with Gasteiger partial charge in [-0.05, 0) is 12.1 Å². The molecule has 122 valence electrons. The Balaban J connectivity index is 0.00000116. The summed E-state index contributed by atoms with van der Waals surface area (Å²) < 4.78 is 16.3. The van der Waals surface area contributed by atoms with Crippen molar-refractivity contribution in [2.45, 2.75) is 13.8 Å². The fourth-order valence-electron chi connectivity index (χ4n) is 1.81. The fraction of sp³-hybridized carbons (Fsp3) is 0.471. The van der Waals surface area contributed by atoms with E-state index < -0.39 is 0 Å². The molecular formula is C17H26N2O3. The van der Waals surface area contributed by atoms with Gasteiger partial charge in [0.2, 0.25) is 0 Å². The molecule has 0 aliphatic carbocycles. The van der Waals surface area contributed by atoms with Crippen molar-refractivity contribution >= 4 is 10.9 Å². The van der Waals surface area contributed by atoms with Crippen molar-refractivity contribution in [2.75, 3.05) is 39.6 Å². The molecule has 0 unspecified atom stereocenters. The van der Waals surface area contributed by atoms with Crippen LogP contribution in [0.4, 0.5) is 0 Å². The zero-order valence-corrected chi connectivity index (χ0v) is 13.5. The van der Waals surface area contributed by atoms with Crippen molar-refractivity contribution < 1.29 is 14.2 Å². The molecule has 1 aromatic carbocycles. The van der Waals surface area contributed by atoms with Crippen molar-refractivity contribution in [3.05, 3.63) is 36.5 Å². The zero-order chi connectivity index (χ0) is 16.0. The van der Waals surface area contributed by atoms with Crippen molar-refractivity contribution in [1.29, 1.82) is 0 Å². The second-order valence-corrected chi connectivity index (χ2v) is 4.19. The first-order valence-corrected chi connectivity index (χ1v) is 7.74. The number of rotatable bonds is 9. The monoisotopic (exact) mass is 306 g/mol. The summed E-state index contributed by atoms with van der Waals surface area (Å²) in [7, 11) is 0. The van der Waals surface area contributed by atoms with Crippen molar-refractivity contribution in [3.8, 4) is 5.75 Å². The van der Waals surface area contributed by atoms with Gasteiger partial charge in [0.15, 0.2) is 0 Å². The van der Waals surface area contributed by atoms with Gasteiger partial charge in [0.05, 0.1) is 26.4 Å². The summed E-state index contributed by atoms with van der Waals surface area (Å²) >= 11 is 0. The van der Waals surface area contributed by atoms with Gasteiger partial charge in [-0.15, -0.1) is 0 Å². The smallest absolute Gasteiger partial charge is 0.145 e. The SMILES string of the molecule is CC.NCCOCCOCCOc1cccc2cccnc12. The third-order valence-corrected chi connectivity index (χ3v) is 2.72. The summed E-state index contributed by atoms with van der Waals surface area (Å²) in [6, 6.07) is 9.82. The molecule has 1 heterocycles. The largest absolute Gasteiger partial charge is 0.489 e. The average molecular weight is 306 g/mol. The topological polar surface area (TPSA) is 66.6 Å². The molecule has 5 heteroatoms. The van der Waals surface area contributed by atoms with Gasteiger partial charge in [0.1, 0.15) is 17.9 Å². The van der Waals surface area contributed by atoms with E-state index in [1.54, 1.807) is 6.20 Å². The summed E-state index contributed by atoms with van der Waals surface area (Å²) in [5.41, 5.74) is 6.19. The van der Waals surface area contributed by atoms with E-state index in [2.05, 4.69) is 4.98 Å². The highest BCUT2D eigenvalue weighted by Gasteiger charge is 2.02. The lowest BCUT2D eigenvalue weighted by atomic mass is 10.2. The summed E-state index contributed by atoms with van der Waals surface area (Å²) in [5, 5.41) is 1.07. The standard InChI is InChI=1S/C15H20N2O3.C2H6/c16-6-8-18-9-10-19-11-12-20-14-5-1-3-13-4-2-7-17-15(13)14;1-2/h1-5,7H,6,8-12,16H2;1-2H3. The Hall–Kier alpha value is -1.69. The quantitative estimate of drug-likeness (QED) is 0.721. The van der Waals surface area contributed by atoms with Crippen LogP contribution < -0.4 is 10.5 Å². The number of ether oxygens (including phenoxy) is 3. The number of fused-ring (bicyclic) bond motifs is 1. The number of benzene rings is 1. The van der Waals surface area contributed by atoms with Gasteiger partial charge in [-0.3, -0.25) is 4.98 Å². The van der Waals surface area contributed by atoms with E-state index in [0.717, 1.165) is 16.7 Å². The molecule has 0 atom stereocenters. The lowest BCUT2D eigenvalue weighted by Gasteiger charge is -2.09. The molecule has 2 N–H and O–H groups in total. The number of pyridine rings is 1. The van der Waals surface area contributed by atoms with Crippen LogP contribution in [-0.2, 0) is 9.47 Å². The first-order chi connectivity index (χ1) is 10.9. The maximum atomic E-state index is 5.70. The number of nitrogens with zero attached hydrogens (tertiary/aromatic N) is 1. The number of para-hydroxylation sites is 1. The normalized spacial score (nSPS) is 10.1. The molecule has 0 saturated heterocycles. The molecule has 0 bridgehead atoms. The molecule has 0 amide bonds. The Kier molecular flexibility index (Phi) is 9.94. The summed E-state index contributed by atoms with van der Waals surface area (Å²) in [5.74, 6) is 0.783. The molecule has 1 aromatic heterocycles. The maximum absolute atomic E-state index is 5.70. The minimum absolute atomic E-state index is 0.493. The molecule has 2 rings (SSSR count). The van der Waals surface area contributed by atoms with Crippen molar-refractivity contribution in [1.82, 2.24) is 4.98 Å². The minimum atomic E-state index is 0.493. The van der Waals surface area contributed by atoms with Crippen LogP contribution in [0.3, 0.4) is 0 Å². The molecule has 0 fully saturated rings. The molecule has 22 heavy (non-hydrogen) atoms. The first kappa shape index (κ1) is 18.4. The van der Waals surface area contributed by atoms with E-state index in [9.17, 15) is 0 Å². The van der Waals surface area contributed by atoms with Crippen molar-refractivity contribution in [3.63, 3.8) is 0 Å². The number of aromatic nitrogens is 1. The zero-order valence-electron chi connectivity index (χ0n) is 13.5. The van der Waals surface area contributed by atoms with Crippen LogP contribution in [0.25, 0.3) is 10.9 Å². The Bertz CT molecular complexity index is 515. The highest BCUT2D eigenvalue weighted by Crippen LogP contribution is 2.22. The molecule has 0 aliphatic heterocycles. The van der Waals surface area contributed by atoms with Crippen LogP contribution in [0.5, 0.6) is 5.75 Å². The third kappa shape index (κ3) is 6.39. The number of hydrogen-bond acceptors (Lipinski definition) is 5. The molecule has 0 spiro atoms. The van der Waals surface area contributed by atoms with E-state index in [4.69, 9.17) is 19.9 Å². The molecule has 0 aliphatic rings. The third-order valence-electron chi connectivity index (χ3n) is 2.72. The van der Waals surface area contributed by atoms with E-state index in [0.29, 0.717) is 39.6 Å². The van der Waals surface area contributed by atoms with Crippen LogP contribution in [-0.4, -0.2) is 44.6 Å². The number of hydrogen-bond donors (Lipinski definition) is 1. The van der Waals surface area contributed by atoms with E-state index in [1.807, 2.05) is 44.2 Å². The molecule has 2 aromatic rings.